The third-order valence-corrected chi connectivity index (χ3v) is 6.05. The highest BCUT2D eigenvalue weighted by Crippen LogP contribution is 2.38. The average molecular weight is 421 g/mol. The molecule has 0 N–H and O–H groups in total. The van der Waals surface area contributed by atoms with Gasteiger partial charge < -0.3 is 4.57 Å². The van der Waals surface area contributed by atoms with Crippen LogP contribution >= 0.6 is 46.0 Å². The number of halogens is 2. The number of fused-ring (bicyclic) bond motifs is 1. The molecule has 0 spiro atoms. The molecule has 2 nitrogen and oxygen atoms in total. The standard InChI is InChI=1S/C15H18ClIN2S/c1-20-12-4-3-11(9-12)19-14-5-2-10(17)8-13(14)18-15(19)6-7-16/h2,5,8,11-12H,3-4,6-7,9H2,1H3. The number of alkyl halides is 1. The maximum Gasteiger partial charge on any atom is 0.111 e. The molecule has 0 aliphatic heterocycles. The molecular formula is C15H18ClIN2S. The number of benzene rings is 1. The van der Waals surface area contributed by atoms with Gasteiger partial charge in [-0.05, 0) is 66.3 Å². The van der Waals surface area contributed by atoms with Gasteiger partial charge in [-0.3, -0.25) is 0 Å². The molecule has 1 aromatic carbocycles. The molecule has 1 fully saturated rings. The number of thioether (sulfide) groups is 1. The maximum atomic E-state index is 5.97. The molecule has 0 amide bonds. The molecule has 0 bridgehead atoms. The van der Waals surface area contributed by atoms with Gasteiger partial charge in [0.1, 0.15) is 5.82 Å². The van der Waals surface area contributed by atoms with E-state index in [-0.39, 0.29) is 0 Å². The van der Waals surface area contributed by atoms with Gasteiger partial charge in [0.25, 0.3) is 0 Å². The predicted molar refractivity (Wildman–Crippen MR) is 97.1 cm³/mol. The van der Waals surface area contributed by atoms with Crippen molar-refractivity contribution in [2.45, 2.75) is 37.0 Å². The summed E-state index contributed by atoms with van der Waals surface area (Å²) in [6, 6.07) is 7.15. The Kier molecular flexibility index (Phi) is 4.82. The Morgan fingerprint density at radius 2 is 2.30 bits per heavy atom. The maximum absolute atomic E-state index is 5.97. The van der Waals surface area contributed by atoms with Gasteiger partial charge in [-0.15, -0.1) is 11.6 Å². The van der Waals surface area contributed by atoms with Crippen molar-refractivity contribution < 1.29 is 0 Å². The number of imidazole rings is 1. The van der Waals surface area contributed by atoms with Gasteiger partial charge >= 0.3 is 0 Å². The molecule has 2 aromatic rings. The quantitative estimate of drug-likeness (QED) is 0.518. The molecule has 1 aliphatic carbocycles. The Bertz CT molecular complexity index is 613. The van der Waals surface area contributed by atoms with Crippen LogP contribution in [0.3, 0.4) is 0 Å². The van der Waals surface area contributed by atoms with Gasteiger partial charge in [0.2, 0.25) is 0 Å². The molecular weight excluding hydrogens is 403 g/mol. The second-order valence-electron chi connectivity index (χ2n) is 5.29. The fraction of sp³-hybridized carbons (Fsp3) is 0.533. The molecule has 1 aromatic heterocycles. The average Bonchev–Trinajstić information content (AvgIpc) is 3.02. The lowest BCUT2D eigenvalue weighted by Crippen LogP contribution is -2.10. The van der Waals surface area contributed by atoms with E-state index < -0.39 is 0 Å². The fourth-order valence-corrected chi connectivity index (χ4v) is 4.59. The fourth-order valence-electron chi connectivity index (χ4n) is 3.16. The van der Waals surface area contributed by atoms with Crippen molar-refractivity contribution in [3.8, 4) is 0 Å². The van der Waals surface area contributed by atoms with Crippen LogP contribution in [0, 0.1) is 3.57 Å². The zero-order chi connectivity index (χ0) is 14.1. The van der Waals surface area contributed by atoms with Crippen LogP contribution in [0.4, 0.5) is 0 Å². The number of nitrogens with zero attached hydrogens (tertiary/aromatic N) is 2. The second-order valence-corrected chi connectivity index (χ2v) is 8.06. The van der Waals surface area contributed by atoms with E-state index >= 15 is 0 Å². The Balaban J connectivity index is 2.05. The van der Waals surface area contributed by atoms with Crippen LogP contribution in [-0.2, 0) is 6.42 Å². The number of hydrogen-bond acceptors (Lipinski definition) is 2. The minimum absolute atomic E-state index is 0.593. The smallest absolute Gasteiger partial charge is 0.111 e. The van der Waals surface area contributed by atoms with Gasteiger partial charge in [0, 0.05) is 27.2 Å². The van der Waals surface area contributed by atoms with Crippen molar-refractivity contribution in [2.24, 2.45) is 0 Å². The molecule has 0 saturated heterocycles. The first-order chi connectivity index (χ1) is 9.72. The minimum atomic E-state index is 0.593. The molecule has 1 heterocycles. The van der Waals surface area contributed by atoms with E-state index in [1.54, 1.807) is 0 Å². The van der Waals surface area contributed by atoms with E-state index in [2.05, 4.69) is 51.6 Å². The Hall–Kier alpha value is 0.0600. The van der Waals surface area contributed by atoms with E-state index in [0.717, 1.165) is 23.0 Å². The molecule has 108 valence electrons. The molecule has 1 aliphatic rings. The van der Waals surface area contributed by atoms with Crippen molar-refractivity contribution in [2.75, 3.05) is 12.1 Å². The lowest BCUT2D eigenvalue weighted by atomic mass is 10.2. The third-order valence-electron chi connectivity index (χ3n) is 4.10. The number of aryl methyl sites for hydroxylation is 1. The summed E-state index contributed by atoms with van der Waals surface area (Å²) < 4.78 is 3.70. The zero-order valence-electron chi connectivity index (χ0n) is 11.5. The number of aromatic nitrogens is 2. The summed E-state index contributed by atoms with van der Waals surface area (Å²) >= 11 is 10.3. The molecule has 5 heteroatoms. The summed E-state index contributed by atoms with van der Waals surface area (Å²) in [4.78, 5) is 4.83. The molecule has 2 atom stereocenters. The SMILES string of the molecule is CSC1CCC(n2c(CCCl)nc3cc(I)ccc32)C1. The van der Waals surface area contributed by atoms with E-state index in [4.69, 9.17) is 16.6 Å². The normalized spacial score (nSPS) is 22.8. The largest absolute Gasteiger partial charge is 0.325 e. The molecule has 20 heavy (non-hydrogen) atoms. The van der Waals surface area contributed by atoms with E-state index in [9.17, 15) is 0 Å². The highest BCUT2D eigenvalue weighted by Gasteiger charge is 2.28. The Labute approximate surface area is 142 Å². The Morgan fingerprint density at radius 1 is 1.45 bits per heavy atom. The lowest BCUT2D eigenvalue weighted by molar-refractivity contribution is 0.514. The van der Waals surface area contributed by atoms with Gasteiger partial charge in [-0.2, -0.15) is 11.8 Å². The highest BCUT2D eigenvalue weighted by molar-refractivity contribution is 14.1. The minimum Gasteiger partial charge on any atom is -0.325 e. The van der Waals surface area contributed by atoms with Crippen LogP contribution in [0.15, 0.2) is 18.2 Å². The molecule has 0 radical (unpaired) electrons. The van der Waals surface area contributed by atoms with Gasteiger partial charge in [-0.25, -0.2) is 4.98 Å². The summed E-state index contributed by atoms with van der Waals surface area (Å²) in [5.41, 5.74) is 2.39. The molecule has 1 saturated carbocycles. The summed E-state index contributed by atoms with van der Waals surface area (Å²) in [5, 5.41) is 0.796. The second kappa shape index (κ2) is 6.44. The monoisotopic (exact) mass is 420 g/mol. The van der Waals surface area contributed by atoms with Crippen molar-refractivity contribution in [3.05, 3.63) is 27.6 Å². The van der Waals surface area contributed by atoms with Gasteiger partial charge in [0.15, 0.2) is 0 Å². The number of rotatable bonds is 4. The Morgan fingerprint density at radius 3 is 3.00 bits per heavy atom. The van der Waals surface area contributed by atoms with Crippen molar-refractivity contribution in [1.29, 1.82) is 0 Å². The lowest BCUT2D eigenvalue weighted by Gasteiger charge is -2.16. The highest BCUT2D eigenvalue weighted by atomic mass is 127. The van der Waals surface area contributed by atoms with Crippen LogP contribution in [0.25, 0.3) is 11.0 Å². The third kappa shape index (κ3) is 2.83. The van der Waals surface area contributed by atoms with Crippen LogP contribution in [0.2, 0.25) is 0 Å². The van der Waals surface area contributed by atoms with Crippen LogP contribution in [0.5, 0.6) is 0 Å². The first-order valence-electron chi connectivity index (χ1n) is 6.98. The van der Waals surface area contributed by atoms with Crippen LogP contribution < -0.4 is 0 Å². The first-order valence-corrected chi connectivity index (χ1v) is 9.88. The van der Waals surface area contributed by atoms with Gasteiger partial charge in [0.05, 0.1) is 11.0 Å². The number of hydrogen-bond donors (Lipinski definition) is 0. The molecule has 2 unspecified atom stereocenters. The summed E-state index contributed by atoms with van der Waals surface area (Å²) in [5.74, 6) is 1.79. The van der Waals surface area contributed by atoms with E-state index in [1.165, 1.54) is 28.3 Å². The van der Waals surface area contributed by atoms with Crippen molar-refractivity contribution >= 4 is 57.0 Å². The summed E-state index contributed by atoms with van der Waals surface area (Å²) in [7, 11) is 0. The summed E-state index contributed by atoms with van der Waals surface area (Å²) in [6.45, 7) is 0. The van der Waals surface area contributed by atoms with E-state index in [0.29, 0.717) is 11.9 Å². The summed E-state index contributed by atoms with van der Waals surface area (Å²) in [6.07, 6.45) is 6.91. The van der Waals surface area contributed by atoms with Crippen molar-refractivity contribution in [1.82, 2.24) is 9.55 Å². The van der Waals surface area contributed by atoms with Crippen LogP contribution in [-0.4, -0.2) is 26.9 Å². The first kappa shape index (κ1) is 15.0. The predicted octanol–water partition coefficient (Wildman–Crippen LogP) is 4.88. The molecule has 3 rings (SSSR count). The van der Waals surface area contributed by atoms with Crippen molar-refractivity contribution in [3.63, 3.8) is 0 Å². The van der Waals surface area contributed by atoms with Crippen LogP contribution in [0.1, 0.15) is 31.1 Å². The van der Waals surface area contributed by atoms with Gasteiger partial charge in [-0.1, -0.05) is 0 Å². The van der Waals surface area contributed by atoms with E-state index in [1.807, 2.05) is 11.8 Å². The topological polar surface area (TPSA) is 17.8 Å². The zero-order valence-corrected chi connectivity index (χ0v) is 15.2.